The summed E-state index contributed by atoms with van der Waals surface area (Å²) >= 11 is 0. The Morgan fingerprint density at radius 3 is 2.82 bits per heavy atom. The van der Waals surface area contributed by atoms with Gasteiger partial charge in [-0.15, -0.1) is 0 Å². The van der Waals surface area contributed by atoms with Crippen molar-refractivity contribution in [2.75, 3.05) is 24.6 Å². The second-order valence-electron chi connectivity index (χ2n) is 5.05. The van der Waals surface area contributed by atoms with Crippen LogP contribution >= 0.6 is 0 Å². The summed E-state index contributed by atoms with van der Waals surface area (Å²) in [7, 11) is -2.94. The van der Waals surface area contributed by atoms with Gasteiger partial charge in [0.1, 0.15) is 0 Å². The molecule has 98 valence electrons. The second kappa shape index (κ2) is 4.94. The van der Waals surface area contributed by atoms with Crippen LogP contribution in [0.1, 0.15) is 26.2 Å². The maximum absolute atomic E-state index is 12.1. The van der Waals surface area contributed by atoms with Gasteiger partial charge in [-0.3, -0.25) is 4.79 Å². The summed E-state index contributed by atoms with van der Waals surface area (Å²) in [5.74, 6) is 0.310. The second-order valence-corrected chi connectivity index (χ2v) is 7.28. The molecule has 0 saturated carbocycles. The summed E-state index contributed by atoms with van der Waals surface area (Å²) in [6.45, 7) is 3.16. The Morgan fingerprint density at radius 2 is 2.24 bits per heavy atom. The molecule has 6 heteroatoms. The standard InChI is InChI=1S/C11H20N2O3S/c1-9-8-17(15,16)6-5-13(9)11(14)7-10-3-2-4-12-10/h9-10,12H,2-8H2,1H3. The monoisotopic (exact) mass is 260 g/mol. The van der Waals surface area contributed by atoms with Crippen molar-refractivity contribution < 1.29 is 13.2 Å². The van der Waals surface area contributed by atoms with Gasteiger partial charge in [0.15, 0.2) is 9.84 Å². The first kappa shape index (κ1) is 12.8. The van der Waals surface area contributed by atoms with Crippen LogP contribution in [-0.4, -0.2) is 55.9 Å². The van der Waals surface area contributed by atoms with Gasteiger partial charge in [-0.05, 0) is 26.3 Å². The fourth-order valence-corrected chi connectivity index (χ4v) is 4.18. The normalized spacial score (nSPS) is 32.6. The minimum Gasteiger partial charge on any atom is -0.338 e. The van der Waals surface area contributed by atoms with E-state index in [2.05, 4.69) is 5.32 Å². The van der Waals surface area contributed by atoms with Gasteiger partial charge in [-0.25, -0.2) is 8.42 Å². The molecule has 0 spiro atoms. The van der Waals surface area contributed by atoms with Crippen molar-refractivity contribution in [1.29, 1.82) is 0 Å². The Balaban J connectivity index is 1.91. The maximum atomic E-state index is 12.1. The Labute approximate surface area is 102 Å². The predicted molar refractivity (Wildman–Crippen MR) is 65.5 cm³/mol. The van der Waals surface area contributed by atoms with Gasteiger partial charge in [-0.2, -0.15) is 0 Å². The Morgan fingerprint density at radius 1 is 1.47 bits per heavy atom. The number of hydrogen-bond acceptors (Lipinski definition) is 4. The number of sulfone groups is 1. The lowest BCUT2D eigenvalue weighted by molar-refractivity contribution is -0.133. The third kappa shape index (κ3) is 3.19. The molecule has 0 aliphatic carbocycles. The molecule has 1 N–H and O–H groups in total. The zero-order valence-electron chi connectivity index (χ0n) is 10.2. The lowest BCUT2D eigenvalue weighted by atomic mass is 10.1. The molecule has 0 aromatic heterocycles. The average molecular weight is 260 g/mol. The minimum atomic E-state index is -2.94. The number of nitrogens with one attached hydrogen (secondary N) is 1. The van der Waals surface area contributed by atoms with E-state index in [1.807, 2.05) is 6.92 Å². The molecule has 2 fully saturated rings. The van der Waals surface area contributed by atoms with Crippen LogP contribution in [0.3, 0.4) is 0 Å². The first-order chi connectivity index (χ1) is 7.98. The summed E-state index contributed by atoms with van der Waals surface area (Å²) in [6.07, 6.45) is 2.68. The summed E-state index contributed by atoms with van der Waals surface area (Å²) in [5.41, 5.74) is 0. The van der Waals surface area contributed by atoms with E-state index in [4.69, 9.17) is 0 Å². The minimum absolute atomic E-state index is 0.0896. The topological polar surface area (TPSA) is 66.5 Å². The molecule has 2 atom stereocenters. The molecule has 0 aromatic carbocycles. The summed E-state index contributed by atoms with van der Waals surface area (Å²) in [5, 5.41) is 3.29. The van der Waals surface area contributed by atoms with Gasteiger partial charge >= 0.3 is 0 Å². The van der Waals surface area contributed by atoms with E-state index in [1.165, 1.54) is 0 Å². The average Bonchev–Trinajstić information content (AvgIpc) is 2.68. The van der Waals surface area contributed by atoms with Crippen LogP contribution in [0.15, 0.2) is 0 Å². The summed E-state index contributed by atoms with van der Waals surface area (Å²) in [6, 6.07) is 0.107. The van der Waals surface area contributed by atoms with E-state index < -0.39 is 9.84 Å². The number of nitrogens with zero attached hydrogens (tertiary/aromatic N) is 1. The van der Waals surface area contributed by atoms with Crippen molar-refractivity contribution in [1.82, 2.24) is 10.2 Å². The molecule has 2 aliphatic heterocycles. The number of amides is 1. The Hall–Kier alpha value is -0.620. The molecule has 5 nitrogen and oxygen atoms in total. The van der Waals surface area contributed by atoms with E-state index in [0.29, 0.717) is 13.0 Å². The number of carbonyl (C=O) groups excluding carboxylic acids is 1. The molecule has 0 aromatic rings. The van der Waals surface area contributed by atoms with Gasteiger partial charge in [0, 0.05) is 25.0 Å². The highest BCUT2D eigenvalue weighted by Crippen LogP contribution is 2.16. The lowest BCUT2D eigenvalue weighted by Crippen LogP contribution is -2.50. The van der Waals surface area contributed by atoms with E-state index in [9.17, 15) is 13.2 Å². The molecule has 0 bridgehead atoms. The maximum Gasteiger partial charge on any atom is 0.224 e. The number of carbonyl (C=O) groups is 1. The lowest BCUT2D eigenvalue weighted by Gasteiger charge is -2.33. The summed E-state index contributed by atoms with van der Waals surface area (Å²) in [4.78, 5) is 13.8. The first-order valence-corrected chi connectivity index (χ1v) is 8.03. The van der Waals surface area contributed by atoms with Gasteiger partial charge < -0.3 is 10.2 Å². The van der Waals surface area contributed by atoms with Crippen LogP contribution in [0.5, 0.6) is 0 Å². The van der Waals surface area contributed by atoms with E-state index in [-0.39, 0.29) is 29.5 Å². The third-order valence-corrected chi connectivity index (χ3v) is 5.37. The zero-order valence-corrected chi connectivity index (χ0v) is 11.0. The van der Waals surface area contributed by atoms with Crippen molar-refractivity contribution in [3.05, 3.63) is 0 Å². The smallest absolute Gasteiger partial charge is 0.224 e. The quantitative estimate of drug-likeness (QED) is 0.745. The predicted octanol–water partition coefficient (Wildman–Crippen LogP) is -0.226. The molecule has 2 saturated heterocycles. The van der Waals surface area contributed by atoms with Gasteiger partial charge in [-0.1, -0.05) is 0 Å². The van der Waals surface area contributed by atoms with Crippen molar-refractivity contribution in [3.8, 4) is 0 Å². The van der Waals surface area contributed by atoms with Gasteiger partial charge in [0.05, 0.1) is 11.5 Å². The molecule has 2 unspecified atom stereocenters. The molecule has 0 radical (unpaired) electrons. The van der Waals surface area contributed by atoms with Crippen molar-refractivity contribution in [3.63, 3.8) is 0 Å². The highest BCUT2D eigenvalue weighted by atomic mass is 32.2. The van der Waals surface area contributed by atoms with Crippen LogP contribution in [0.2, 0.25) is 0 Å². The highest BCUT2D eigenvalue weighted by Gasteiger charge is 2.32. The van der Waals surface area contributed by atoms with Crippen molar-refractivity contribution >= 4 is 15.7 Å². The third-order valence-electron chi connectivity index (χ3n) is 3.57. The van der Waals surface area contributed by atoms with E-state index in [0.717, 1.165) is 19.4 Å². The highest BCUT2D eigenvalue weighted by molar-refractivity contribution is 7.91. The van der Waals surface area contributed by atoms with Crippen LogP contribution in [0, 0.1) is 0 Å². The fourth-order valence-electron chi connectivity index (χ4n) is 2.63. The zero-order chi connectivity index (χ0) is 12.5. The molecular weight excluding hydrogens is 240 g/mol. The summed E-state index contributed by atoms with van der Waals surface area (Å²) < 4.78 is 22.8. The Kier molecular flexibility index (Phi) is 3.73. The number of rotatable bonds is 2. The first-order valence-electron chi connectivity index (χ1n) is 6.21. The van der Waals surface area contributed by atoms with Crippen LogP contribution in [0.4, 0.5) is 0 Å². The molecular formula is C11H20N2O3S. The van der Waals surface area contributed by atoms with Crippen LogP contribution < -0.4 is 5.32 Å². The molecule has 1 amide bonds. The van der Waals surface area contributed by atoms with E-state index in [1.54, 1.807) is 4.90 Å². The van der Waals surface area contributed by atoms with Crippen molar-refractivity contribution in [2.45, 2.75) is 38.3 Å². The van der Waals surface area contributed by atoms with Gasteiger partial charge in [0.2, 0.25) is 5.91 Å². The SMILES string of the molecule is CC1CS(=O)(=O)CCN1C(=O)CC1CCCN1. The molecule has 2 rings (SSSR count). The number of hydrogen-bond donors (Lipinski definition) is 1. The molecule has 2 heterocycles. The van der Waals surface area contributed by atoms with Gasteiger partial charge in [0.25, 0.3) is 0 Å². The fraction of sp³-hybridized carbons (Fsp3) is 0.909. The molecule has 17 heavy (non-hydrogen) atoms. The van der Waals surface area contributed by atoms with Crippen LogP contribution in [-0.2, 0) is 14.6 Å². The van der Waals surface area contributed by atoms with Crippen LogP contribution in [0.25, 0.3) is 0 Å². The Bertz CT molecular complexity index is 388. The molecule has 2 aliphatic rings. The van der Waals surface area contributed by atoms with Crippen molar-refractivity contribution in [2.24, 2.45) is 0 Å². The largest absolute Gasteiger partial charge is 0.338 e. The van der Waals surface area contributed by atoms with E-state index >= 15 is 0 Å².